The van der Waals surface area contributed by atoms with Crippen LogP contribution in [0, 0.1) is 0 Å². The Kier molecular flexibility index (Phi) is 5.03. The van der Waals surface area contributed by atoms with Gasteiger partial charge in [0.25, 0.3) is 0 Å². The van der Waals surface area contributed by atoms with Gasteiger partial charge in [0, 0.05) is 5.02 Å². The number of rotatable bonds is 5. The predicted octanol–water partition coefficient (Wildman–Crippen LogP) is 4.64. The van der Waals surface area contributed by atoms with E-state index in [1.165, 1.54) is 30.4 Å². The maximum Gasteiger partial charge on any atom is 0.0440 e. The summed E-state index contributed by atoms with van der Waals surface area (Å²) < 4.78 is 0. The van der Waals surface area contributed by atoms with E-state index in [1.807, 2.05) is 6.07 Å². The molecule has 14 heavy (non-hydrogen) atoms. The lowest BCUT2D eigenvalue weighted by Gasteiger charge is -2.10. The summed E-state index contributed by atoms with van der Waals surface area (Å²) in [5, 5.41) is 0.949. The van der Waals surface area contributed by atoms with Gasteiger partial charge in [0.05, 0.1) is 0 Å². The van der Waals surface area contributed by atoms with Crippen molar-refractivity contribution in [2.75, 3.05) is 0 Å². The predicted molar refractivity (Wildman–Crippen MR) is 64.1 cm³/mol. The van der Waals surface area contributed by atoms with Crippen LogP contribution in [0.25, 0.3) is 0 Å². The molecule has 0 nitrogen and oxygen atoms in total. The zero-order valence-electron chi connectivity index (χ0n) is 9.15. The van der Waals surface area contributed by atoms with E-state index in [1.54, 1.807) is 0 Å². The van der Waals surface area contributed by atoms with Crippen molar-refractivity contribution in [2.24, 2.45) is 0 Å². The molecule has 0 radical (unpaired) electrons. The van der Waals surface area contributed by atoms with Crippen molar-refractivity contribution in [1.29, 1.82) is 0 Å². The van der Waals surface area contributed by atoms with E-state index < -0.39 is 0 Å². The lowest BCUT2D eigenvalue weighted by atomic mass is 9.99. The third-order valence-corrected chi connectivity index (χ3v) is 2.87. The smallest absolute Gasteiger partial charge is 0.0440 e. The van der Waals surface area contributed by atoms with E-state index in [9.17, 15) is 0 Å². The molecule has 0 saturated carbocycles. The highest BCUT2D eigenvalue weighted by Crippen LogP contribution is 2.23. The lowest BCUT2D eigenvalue weighted by molar-refractivity contribution is 0.780. The Morgan fingerprint density at radius 2 is 1.86 bits per heavy atom. The number of halogens is 1. The Morgan fingerprint density at radius 1 is 1.07 bits per heavy atom. The van der Waals surface area contributed by atoms with Crippen molar-refractivity contribution < 1.29 is 0 Å². The molecule has 0 N–H and O–H groups in total. The molecule has 0 spiro atoms. The molecule has 0 unspecified atom stereocenters. The van der Waals surface area contributed by atoms with Crippen molar-refractivity contribution in [3.8, 4) is 0 Å². The average molecular weight is 211 g/mol. The fraction of sp³-hybridized carbons (Fsp3) is 0.538. The summed E-state index contributed by atoms with van der Waals surface area (Å²) in [7, 11) is 0. The highest BCUT2D eigenvalue weighted by atomic mass is 35.5. The molecule has 0 fully saturated rings. The summed E-state index contributed by atoms with van der Waals surface area (Å²) in [4.78, 5) is 0. The first kappa shape index (κ1) is 11.6. The number of hydrogen-bond donors (Lipinski definition) is 0. The molecule has 0 saturated heterocycles. The SMILES string of the molecule is CCCCc1c(Cl)cccc1CCC. The van der Waals surface area contributed by atoms with E-state index in [0.29, 0.717) is 0 Å². The molecule has 0 heterocycles. The van der Waals surface area contributed by atoms with E-state index in [-0.39, 0.29) is 0 Å². The van der Waals surface area contributed by atoms with Crippen LogP contribution < -0.4 is 0 Å². The highest BCUT2D eigenvalue weighted by molar-refractivity contribution is 6.31. The van der Waals surface area contributed by atoms with Crippen molar-refractivity contribution in [3.05, 3.63) is 34.3 Å². The fourth-order valence-corrected chi connectivity index (χ4v) is 2.03. The Labute approximate surface area is 92.3 Å². The first-order chi connectivity index (χ1) is 6.79. The van der Waals surface area contributed by atoms with Crippen LogP contribution in [0.15, 0.2) is 18.2 Å². The van der Waals surface area contributed by atoms with E-state index in [2.05, 4.69) is 26.0 Å². The molecule has 1 heteroatoms. The summed E-state index contributed by atoms with van der Waals surface area (Å²) in [6, 6.07) is 6.27. The zero-order chi connectivity index (χ0) is 10.4. The standard InChI is InChI=1S/C13H19Cl/c1-3-5-9-12-11(7-4-2)8-6-10-13(12)14/h6,8,10H,3-5,7,9H2,1-2H3. The second-order valence-corrected chi connectivity index (χ2v) is 4.14. The normalized spacial score (nSPS) is 10.5. The molecule has 0 bridgehead atoms. The van der Waals surface area contributed by atoms with Gasteiger partial charge in [-0.25, -0.2) is 0 Å². The summed E-state index contributed by atoms with van der Waals surface area (Å²) in [6.07, 6.45) is 5.95. The molecule has 0 aliphatic carbocycles. The maximum atomic E-state index is 6.20. The van der Waals surface area contributed by atoms with Crippen LogP contribution in [0.2, 0.25) is 5.02 Å². The van der Waals surface area contributed by atoms with Crippen molar-refractivity contribution in [2.45, 2.75) is 46.0 Å². The Morgan fingerprint density at radius 3 is 2.50 bits per heavy atom. The van der Waals surface area contributed by atoms with E-state index in [4.69, 9.17) is 11.6 Å². The minimum atomic E-state index is 0.949. The van der Waals surface area contributed by atoms with Crippen molar-refractivity contribution in [1.82, 2.24) is 0 Å². The van der Waals surface area contributed by atoms with Crippen molar-refractivity contribution >= 4 is 11.6 Å². The third kappa shape index (κ3) is 3.02. The summed E-state index contributed by atoms with van der Waals surface area (Å²) in [6.45, 7) is 4.43. The van der Waals surface area contributed by atoms with Crippen molar-refractivity contribution in [3.63, 3.8) is 0 Å². The first-order valence-corrected chi connectivity index (χ1v) is 5.93. The number of benzene rings is 1. The third-order valence-electron chi connectivity index (χ3n) is 2.52. The number of hydrogen-bond acceptors (Lipinski definition) is 0. The molecule has 0 atom stereocenters. The van der Waals surface area contributed by atoms with Gasteiger partial charge < -0.3 is 0 Å². The van der Waals surface area contributed by atoms with Crippen LogP contribution in [0.1, 0.15) is 44.2 Å². The molecule has 1 rings (SSSR count). The van der Waals surface area contributed by atoms with E-state index in [0.717, 1.165) is 17.9 Å². The van der Waals surface area contributed by atoms with Gasteiger partial charge in [-0.2, -0.15) is 0 Å². The molecular formula is C13H19Cl. The average Bonchev–Trinajstić information content (AvgIpc) is 2.18. The zero-order valence-corrected chi connectivity index (χ0v) is 9.90. The Bertz CT molecular complexity index is 279. The van der Waals surface area contributed by atoms with Gasteiger partial charge in [-0.1, -0.05) is 50.4 Å². The van der Waals surface area contributed by atoms with Gasteiger partial charge in [-0.05, 0) is 36.5 Å². The van der Waals surface area contributed by atoms with Crippen LogP contribution >= 0.6 is 11.6 Å². The van der Waals surface area contributed by atoms with E-state index >= 15 is 0 Å². The quantitative estimate of drug-likeness (QED) is 0.665. The minimum Gasteiger partial charge on any atom is -0.0840 e. The highest BCUT2D eigenvalue weighted by Gasteiger charge is 2.05. The molecule has 0 aliphatic rings. The fourth-order valence-electron chi connectivity index (χ4n) is 1.74. The summed E-state index contributed by atoms with van der Waals surface area (Å²) in [5.41, 5.74) is 2.81. The monoisotopic (exact) mass is 210 g/mol. The van der Waals surface area contributed by atoms with Gasteiger partial charge in [-0.3, -0.25) is 0 Å². The van der Waals surface area contributed by atoms with Crippen LogP contribution in [-0.4, -0.2) is 0 Å². The molecular weight excluding hydrogens is 192 g/mol. The Hall–Kier alpha value is -0.490. The molecule has 0 amide bonds. The maximum absolute atomic E-state index is 6.20. The van der Waals surface area contributed by atoms with Crippen LogP contribution in [-0.2, 0) is 12.8 Å². The Balaban J connectivity index is 2.84. The number of unbranched alkanes of at least 4 members (excludes halogenated alkanes) is 1. The van der Waals surface area contributed by atoms with Crippen LogP contribution in [0.4, 0.5) is 0 Å². The molecule has 1 aromatic carbocycles. The summed E-state index contributed by atoms with van der Waals surface area (Å²) >= 11 is 6.20. The second-order valence-electron chi connectivity index (χ2n) is 3.73. The summed E-state index contributed by atoms with van der Waals surface area (Å²) in [5.74, 6) is 0. The molecule has 1 aromatic rings. The van der Waals surface area contributed by atoms with Gasteiger partial charge in [-0.15, -0.1) is 0 Å². The largest absolute Gasteiger partial charge is 0.0840 e. The van der Waals surface area contributed by atoms with Gasteiger partial charge in [0.15, 0.2) is 0 Å². The van der Waals surface area contributed by atoms with Crippen LogP contribution in [0.5, 0.6) is 0 Å². The topological polar surface area (TPSA) is 0 Å². The molecule has 0 aromatic heterocycles. The van der Waals surface area contributed by atoms with Gasteiger partial charge in [0.2, 0.25) is 0 Å². The lowest BCUT2D eigenvalue weighted by Crippen LogP contribution is -1.95. The minimum absolute atomic E-state index is 0.949. The first-order valence-electron chi connectivity index (χ1n) is 5.55. The second kappa shape index (κ2) is 6.08. The number of aryl methyl sites for hydroxylation is 1. The molecule has 78 valence electrons. The van der Waals surface area contributed by atoms with Crippen LogP contribution in [0.3, 0.4) is 0 Å². The van der Waals surface area contributed by atoms with Gasteiger partial charge >= 0.3 is 0 Å². The van der Waals surface area contributed by atoms with Gasteiger partial charge in [0.1, 0.15) is 0 Å². The molecule has 0 aliphatic heterocycles.